The second kappa shape index (κ2) is 8.14. The minimum Gasteiger partial charge on any atom is -0.491 e. The Bertz CT molecular complexity index is 1420. The van der Waals surface area contributed by atoms with Crippen LogP contribution in [0.2, 0.25) is 0 Å². The fourth-order valence-electron chi connectivity index (χ4n) is 5.19. The molecular formula is C25H23FN6O4. The second-order valence-corrected chi connectivity index (χ2v) is 9.27. The van der Waals surface area contributed by atoms with Gasteiger partial charge in [-0.15, -0.1) is 0 Å². The summed E-state index contributed by atoms with van der Waals surface area (Å²) >= 11 is 0. The first-order valence-corrected chi connectivity index (χ1v) is 11.7. The van der Waals surface area contributed by atoms with Crippen molar-refractivity contribution in [3.63, 3.8) is 0 Å². The van der Waals surface area contributed by atoms with E-state index in [4.69, 9.17) is 4.74 Å². The van der Waals surface area contributed by atoms with Gasteiger partial charge >= 0.3 is 6.03 Å². The van der Waals surface area contributed by atoms with Crippen LogP contribution in [0.5, 0.6) is 5.75 Å². The van der Waals surface area contributed by atoms with Gasteiger partial charge in [0, 0.05) is 42.7 Å². The van der Waals surface area contributed by atoms with Crippen LogP contribution in [0.15, 0.2) is 42.9 Å². The molecular weight excluding hydrogens is 467 g/mol. The number of hydrogen-bond donors (Lipinski definition) is 1. The molecule has 0 unspecified atom stereocenters. The molecule has 6 rings (SSSR count). The van der Waals surface area contributed by atoms with Crippen molar-refractivity contribution in [3.05, 3.63) is 65.4 Å². The summed E-state index contributed by atoms with van der Waals surface area (Å²) in [4.78, 5) is 46.5. The molecule has 1 spiro atoms. The van der Waals surface area contributed by atoms with Gasteiger partial charge in [0.15, 0.2) is 0 Å². The average molecular weight is 490 g/mol. The van der Waals surface area contributed by atoms with E-state index in [2.05, 4.69) is 15.4 Å². The topological polar surface area (TPSA) is 110 Å². The molecule has 10 nitrogen and oxygen atoms in total. The van der Waals surface area contributed by atoms with Gasteiger partial charge in [0.25, 0.3) is 5.91 Å². The number of carbonyl (C=O) groups excluding carboxylic acids is 3. The fourth-order valence-corrected chi connectivity index (χ4v) is 5.19. The number of nitrogens with zero attached hydrogens (tertiary/aromatic N) is 5. The molecule has 2 aromatic heterocycles. The maximum Gasteiger partial charge on any atom is 0.325 e. The van der Waals surface area contributed by atoms with Crippen molar-refractivity contribution in [1.82, 2.24) is 29.9 Å². The van der Waals surface area contributed by atoms with E-state index in [1.54, 1.807) is 17.1 Å². The number of fused-ring (bicyclic) bond motifs is 3. The van der Waals surface area contributed by atoms with Gasteiger partial charge in [0.2, 0.25) is 5.91 Å². The highest BCUT2D eigenvalue weighted by Crippen LogP contribution is 2.42. The molecule has 0 saturated carbocycles. The minimum absolute atomic E-state index is 0.130. The zero-order chi connectivity index (χ0) is 25.0. The van der Waals surface area contributed by atoms with Gasteiger partial charge in [-0.3, -0.25) is 24.2 Å². The molecule has 1 fully saturated rings. The summed E-state index contributed by atoms with van der Waals surface area (Å²) < 4.78 is 21.0. The molecule has 4 heterocycles. The molecule has 184 valence electrons. The van der Waals surface area contributed by atoms with Crippen molar-refractivity contribution >= 4 is 17.8 Å². The quantitative estimate of drug-likeness (QED) is 0.560. The molecule has 1 aromatic carbocycles. The van der Waals surface area contributed by atoms with Gasteiger partial charge in [0.1, 0.15) is 30.3 Å². The molecule has 36 heavy (non-hydrogen) atoms. The van der Waals surface area contributed by atoms with E-state index in [0.717, 1.165) is 21.7 Å². The van der Waals surface area contributed by atoms with Gasteiger partial charge in [0.05, 0.1) is 18.4 Å². The van der Waals surface area contributed by atoms with Crippen LogP contribution in [0.3, 0.4) is 0 Å². The van der Waals surface area contributed by atoms with E-state index in [1.165, 1.54) is 23.1 Å². The number of ether oxygens (including phenoxy) is 1. The van der Waals surface area contributed by atoms with Crippen molar-refractivity contribution in [2.45, 2.75) is 24.9 Å². The lowest BCUT2D eigenvalue weighted by Crippen LogP contribution is -2.45. The van der Waals surface area contributed by atoms with E-state index >= 15 is 0 Å². The number of imide groups is 1. The highest BCUT2D eigenvalue weighted by atomic mass is 19.1. The zero-order valence-electron chi connectivity index (χ0n) is 19.5. The molecule has 1 aliphatic carbocycles. The third-order valence-corrected chi connectivity index (χ3v) is 7.04. The van der Waals surface area contributed by atoms with E-state index in [0.29, 0.717) is 29.7 Å². The fraction of sp³-hybridized carbons (Fsp3) is 0.320. The summed E-state index contributed by atoms with van der Waals surface area (Å²) in [6.07, 6.45) is 6.18. The van der Waals surface area contributed by atoms with Gasteiger partial charge in [-0.2, -0.15) is 5.10 Å². The van der Waals surface area contributed by atoms with Gasteiger partial charge in [-0.25, -0.2) is 9.18 Å². The van der Waals surface area contributed by atoms with Crippen LogP contribution in [-0.4, -0.2) is 62.1 Å². The number of amides is 4. The monoisotopic (exact) mass is 490 g/mol. The molecule has 2 aliphatic heterocycles. The Hall–Kier alpha value is -4.28. The van der Waals surface area contributed by atoms with Crippen LogP contribution in [0.4, 0.5) is 9.18 Å². The lowest BCUT2D eigenvalue weighted by Gasteiger charge is -2.24. The van der Waals surface area contributed by atoms with Crippen molar-refractivity contribution in [1.29, 1.82) is 0 Å². The number of benzene rings is 1. The predicted octanol–water partition coefficient (Wildman–Crippen LogP) is 1.74. The average Bonchev–Trinajstić information content (AvgIpc) is 3.46. The number of urea groups is 1. The summed E-state index contributed by atoms with van der Waals surface area (Å²) in [5, 5.41) is 7.00. The summed E-state index contributed by atoms with van der Waals surface area (Å²) in [5.74, 6) is -0.795. The number of halogens is 1. The first kappa shape index (κ1) is 22.2. The molecule has 0 radical (unpaired) electrons. The Kier molecular flexibility index (Phi) is 5.02. The molecule has 1 saturated heterocycles. The summed E-state index contributed by atoms with van der Waals surface area (Å²) in [6.45, 7) is 0.207. The lowest BCUT2D eigenvalue weighted by atomic mass is 9.92. The number of aryl methyl sites for hydroxylation is 2. The third-order valence-electron chi connectivity index (χ3n) is 7.04. The number of hydrogen-bond acceptors (Lipinski definition) is 6. The lowest BCUT2D eigenvalue weighted by molar-refractivity contribution is -0.139. The normalized spacial score (nSPS) is 20.7. The van der Waals surface area contributed by atoms with Crippen molar-refractivity contribution in [3.8, 4) is 17.0 Å². The van der Waals surface area contributed by atoms with E-state index < -0.39 is 35.7 Å². The second-order valence-electron chi connectivity index (χ2n) is 9.27. The van der Waals surface area contributed by atoms with Gasteiger partial charge in [-0.1, -0.05) is 0 Å². The molecule has 1 atom stereocenters. The van der Waals surface area contributed by atoms with Gasteiger partial charge in [-0.05, 0) is 42.7 Å². The van der Waals surface area contributed by atoms with Crippen LogP contribution in [0.1, 0.15) is 23.1 Å². The number of aromatic nitrogens is 3. The van der Waals surface area contributed by atoms with Crippen molar-refractivity contribution < 1.29 is 23.5 Å². The van der Waals surface area contributed by atoms with Crippen LogP contribution >= 0.6 is 0 Å². The molecule has 3 aliphatic rings. The zero-order valence-corrected chi connectivity index (χ0v) is 19.5. The Morgan fingerprint density at radius 2 is 2.08 bits per heavy atom. The van der Waals surface area contributed by atoms with E-state index in [1.807, 2.05) is 19.3 Å². The molecule has 3 aromatic rings. The highest BCUT2D eigenvalue weighted by molar-refractivity contribution is 6.10. The van der Waals surface area contributed by atoms with Crippen LogP contribution < -0.4 is 10.1 Å². The standard InChI is InChI=1S/C25H23FN6O4/c1-30-12-17(10-28-30)20-9-15-4-5-25(19(15)11-27-20)23(34)32(24(35)29-25)14-22(33)31-6-7-36-21-3-2-18(26)8-16(21)13-31/h2-3,8-12H,4-7,13-14H2,1H3,(H,29,35)/t25-/m1/s1. The first-order chi connectivity index (χ1) is 17.3. The van der Waals surface area contributed by atoms with Crippen molar-refractivity contribution in [2.75, 3.05) is 19.7 Å². The summed E-state index contributed by atoms with van der Waals surface area (Å²) in [5.41, 5.74) is 2.48. The Morgan fingerprint density at radius 3 is 2.89 bits per heavy atom. The largest absolute Gasteiger partial charge is 0.491 e. The molecule has 0 bridgehead atoms. The Labute approximate surface area is 205 Å². The maximum absolute atomic E-state index is 13.7. The Balaban J connectivity index is 1.22. The first-order valence-electron chi connectivity index (χ1n) is 11.7. The molecule has 11 heteroatoms. The van der Waals surface area contributed by atoms with Crippen LogP contribution in [0, 0.1) is 5.82 Å². The number of pyridine rings is 1. The number of rotatable bonds is 3. The smallest absolute Gasteiger partial charge is 0.325 e. The minimum atomic E-state index is -1.23. The van der Waals surface area contributed by atoms with Gasteiger partial charge < -0.3 is 15.0 Å². The number of carbonyl (C=O) groups is 3. The predicted molar refractivity (Wildman–Crippen MR) is 124 cm³/mol. The van der Waals surface area contributed by atoms with Crippen LogP contribution in [0.25, 0.3) is 11.3 Å². The summed E-state index contributed by atoms with van der Waals surface area (Å²) in [6, 6.07) is 5.46. The van der Waals surface area contributed by atoms with Crippen LogP contribution in [-0.2, 0) is 35.1 Å². The Morgan fingerprint density at radius 1 is 1.22 bits per heavy atom. The summed E-state index contributed by atoms with van der Waals surface area (Å²) in [7, 11) is 1.82. The van der Waals surface area contributed by atoms with E-state index in [-0.39, 0.29) is 19.7 Å². The van der Waals surface area contributed by atoms with Crippen molar-refractivity contribution in [2.24, 2.45) is 7.05 Å². The molecule has 4 amide bonds. The number of nitrogens with one attached hydrogen (secondary N) is 1. The maximum atomic E-state index is 13.7. The third kappa shape index (κ3) is 3.50. The SMILES string of the molecule is Cn1cc(-c2cc3c(cn2)[C@@]2(CC3)NC(=O)N(CC(=O)N3CCOc4ccc(F)cc4C3)C2=O)cn1. The van der Waals surface area contributed by atoms with E-state index in [9.17, 15) is 18.8 Å². The molecule has 1 N–H and O–H groups in total. The highest BCUT2D eigenvalue weighted by Gasteiger charge is 2.56.